The summed E-state index contributed by atoms with van der Waals surface area (Å²) in [4.78, 5) is 23.2. The number of imide groups is 1. The molecule has 1 heterocycles. The molecule has 1 aromatic carbocycles. The Hall–Kier alpha value is -3.18. The average Bonchev–Trinajstić information content (AvgIpc) is 3.10. The third-order valence-corrected chi connectivity index (χ3v) is 3.30. The Morgan fingerprint density at radius 1 is 0.964 bits per heavy atom. The third-order valence-electron chi connectivity index (χ3n) is 3.30. The van der Waals surface area contributed by atoms with Crippen LogP contribution < -0.4 is 16.0 Å². The highest BCUT2D eigenvalue weighted by molar-refractivity contribution is 5.96. The first-order valence-electron chi connectivity index (χ1n) is 7.58. The van der Waals surface area contributed by atoms with E-state index in [0.29, 0.717) is 17.9 Å². The fourth-order valence-electron chi connectivity index (χ4n) is 2.03. The van der Waals surface area contributed by atoms with Crippen molar-refractivity contribution in [1.29, 1.82) is 0 Å². The second kappa shape index (κ2) is 8.23. The highest BCUT2D eigenvalue weighted by atomic mass is 19.4. The average molecular weight is 409 g/mol. The van der Waals surface area contributed by atoms with Gasteiger partial charge in [0.05, 0.1) is 30.5 Å². The van der Waals surface area contributed by atoms with Gasteiger partial charge < -0.3 is 15.1 Å². The van der Waals surface area contributed by atoms with Crippen molar-refractivity contribution in [2.24, 2.45) is 0 Å². The summed E-state index contributed by atoms with van der Waals surface area (Å²) in [7, 11) is 0. The van der Waals surface area contributed by atoms with E-state index in [2.05, 4.69) is 10.6 Å². The number of nitrogens with one attached hydrogen (secondary N) is 3. The summed E-state index contributed by atoms with van der Waals surface area (Å²) in [6.45, 7) is -0.755. The topological polar surface area (TPSA) is 83.4 Å². The molecule has 2 rings (SSSR count). The first-order chi connectivity index (χ1) is 12.9. The van der Waals surface area contributed by atoms with Crippen LogP contribution in [-0.4, -0.2) is 18.5 Å². The lowest BCUT2D eigenvalue weighted by atomic mass is 10.1. The molecule has 0 aliphatic rings. The number of carbonyl (C=O) groups excluding carboxylic acids is 2. The van der Waals surface area contributed by atoms with Crippen molar-refractivity contribution in [3.05, 3.63) is 53.5 Å². The molecule has 28 heavy (non-hydrogen) atoms. The maximum Gasteiger partial charge on any atom is 0.416 e. The number of urea groups is 1. The van der Waals surface area contributed by atoms with Crippen molar-refractivity contribution >= 4 is 17.6 Å². The van der Waals surface area contributed by atoms with Crippen molar-refractivity contribution < 1.29 is 40.3 Å². The second-order valence-electron chi connectivity index (χ2n) is 5.46. The minimum atomic E-state index is -5.01. The predicted molar refractivity (Wildman–Crippen MR) is 84.0 cm³/mol. The summed E-state index contributed by atoms with van der Waals surface area (Å²) >= 11 is 0. The van der Waals surface area contributed by atoms with Crippen LogP contribution in [0.5, 0.6) is 0 Å². The number of hydrogen-bond donors (Lipinski definition) is 3. The summed E-state index contributed by atoms with van der Waals surface area (Å²) in [5.74, 6) is -0.563. The van der Waals surface area contributed by atoms with Gasteiger partial charge in [0.15, 0.2) is 0 Å². The molecule has 0 aliphatic carbocycles. The Labute approximate surface area is 153 Å². The molecular weight excluding hydrogens is 396 g/mol. The van der Waals surface area contributed by atoms with E-state index in [9.17, 15) is 35.9 Å². The predicted octanol–water partition coefficient (Wildman–Crippen LogP) is 3.76. The molecule has 3 amide bonds. The van der Waals surface area contributed by atoms with E-state index in [1.165, 1.54) is 6.26 Å². The molecule has 0 fully saturated rings. The lowest BCUT2D eigenvalue weighted by molar-refractivity contribution is -0.143. The van der Waals surface area contributed by atoms with Crippen molar-refractivity contribution in [1.82, 2.24) is 10.6 Å². The molecule has 12 heteroatoms. The molecule has 0 spiro atoms. The largest absolute Gasteiger partial charge is 0.467 e. The van der Waals surface area contributed by atoms with E-state index in [1.807, 2.05) is 5.32 Å². The molecule has 6 nitrogen and oxygen atoms in total. The van der Waals surface area contributed by atoms with Gasteiger partial charge in [-0.1, -0.05) is 0 Å². The Morgan fingerprint density at radius 2 is 1.57 bits per heavy atom. The molecular formula is C16H13F6N3O3. The van der Waals surface area contributed by atoms with E-state index < -0.39 is 47.6 Å². The summed E-state index contributed by atoms with van der Waals surface area (Å²) in [6.07, 6.45) is -8.65. The van der Waals surface area contributed by atoms with Crippen molar-refractivity contribution in [3.63, 3.8) is 0 Å². The zero-order valence-electron chi connectivity index (χ0n) is 13.9. The van der Waals surface area contributed by atoms with Gasteiger partial charge >= 0.3 is 18.4 Å². The lowest BCUT2D eigenvalue weighted by Crippen LogP contribution is -2.41. The molecule has 1 aromatic heterocycles. The first-order valence-corrected chi connectivity index (χ1v) is 7.58. The Balaban J connectivity index is 1.96. The normalized spacial score (nSPS) is 11.8. The third kappa shape index (κ3) is 6.21. The van der Waals surface area contributed by atoms with Crippen LogP contribution in [0.3, 0.4) is 0 Å². The molecule has 3 N–H and O–H groups in total. The monoisotopic (exact) mass is 409 g/mol. The van der Waals surface area contributed by atoms with Gasteiger partial charge in [-0.25, -0.2) is 4.79 Å². The molecule has 0 unspecified atom stereocenters. The molecule has 0 saturated carbocycles. The highest BCUT2D eigenvalue weighted by Gasteiger charge is 2.36. The number of benzene rings is 1. The summed E-state index contributed by atoms with van der Waals surface area (Å²) < 4.78 is 81.6. The van der Waals surface area contributed by atoms with Gasteiger partial charge in [0.2, 0.25) is 5.91 Å². The molecule has 0 radical (unpaired) electrons. The minimum absolute atomic E-state index is 0.0257. The summed E-state index contributed by atoms with van der Waals surface area (Å²) in [5.41, 5.74) is -3.63. The van der Waals surface area contributed by atoms with Gasteiger partial charge in [0, 0.05) is 5.69 Å². The Kier molecular flexibility index (Phi) is 6.21. The van der Waals surface area contributed by atoms with Gasteiger partial charge in [-0.05, 0) is 30.3 Å². The molecule has 0 aliphatic heterocycles. The van der Waals surface area contributed by atoms with Crippen LogP contribution in [0.15, 0.2) is 41.0 Å². The van der Waals surface area contributed by atoms with Crippen LogP contribution in [0.2, 0.25) is 0 Å². The van der Waals surface area contributed by atoms with E-state index in [-0.39, 0.29) is 12.6 Å². The van der Waals surface area contributed by atoms with Crippen LogP contribution in [0, 0.1) is 0 Å². The number of hydrogen-bond acceptors (Lipinski definition) is 4. The smallest absolute Gasteiger partial charge is 0.416 e. The number of anilines is 1. The van der Waals surface area contributed by atoms with Gasteiger partial charge in [0.25, 0.3) is 0 Å². The van der Waals surface area contributed by atoms with Crippen LogP contribution in [-0.2, 0) is 23.7 Å². The molecule has 0 saturated heterocycles. The standard InChI is InChI=1S/C16H13F6N3O3/c17-15(18,19)9-4-10(16(20,21)22)6-11(5-9)23-8-13(26)25-14(27)24-7-12-2-1-3-28-12/h1-6,23H,7-8H2,(H2,24,25,26,27). The maximum absolute atomic E-state index is 12.8. The van der Waals surface area contributed by atoms with Gasteiger partial charge in [-0.3, -0.25) is 10.1 Å². The Bertz CT molecular complexity index is 799. The molecule has 152 valence electrons. The second-order valence-corrected chi connectivity index (χ2v) is 5.46. The van der Waals surface area contributed by atoms with Gasteiger partial charge in [-0.2, -0.15) is 26.3 Å². The molecule has 0 bridgehead atoms. The number of furan rings is 1. The molecule has 2 aromatic rings. The fourth-order valence-corrected chi connectivity index (χ4v) is 2.03. The van der Waals surface area contributed by atoms with E-state index in [4.69, 9.17) is 4.42 Å². The number of halogens is 6. The quantitative estimate of drug-likeness (QED) is 0.657. The zero-order valence-corrected chi connectivity index (χ0v) is 13.9. The van der Waals surface area contributed by atoms with E-state index >= 15 is 0 Å². The van der Waals surface area contributed by atoms with Gasteiger partial charge in [-0.15, -0.1) is 0 Å². The van der Waals surface area contributed by atoms with Crippen LogP contribution in [0.4, 0.5) is 36.8 Å². The number of carbonyl (C=O) groups is 2. The zero-order chi connectivity index (χ0) is 20.9. The van der Waals surface area contributed by atoms with Crippen LogP contribution in [0.1, 0.15) is 16.9 Å². The van der Waals surface area contributed by atoms with E-state index in [0.717, 1.165) is 0 Å². The lowest BCUT2D eigenvalue weighted by Gasteiger charge is -2.15. The van der Waals surface area contributed by atoms with Crippen molar-refractivity contribution in [3.8, 4) is 0 Å². The minimum Gasteiger partial charge on any atom is -0.467 e. The number of amides is 3. The Morgan fingerprint density at radius 3 is 2.07 bits per heavy atom. The van der Waals surface area contributed by atoms with E-state index in [1.54, 1.807) is 12.1 Å². The number of rotatable bonds is 5. The maximum atomic E-state index is 12.8. The number of alkyl halides is 6. The molecule has 0 atom stereocenters. The summed E-state index contributed by atoms with van der Waals surface area (Å²) in [6, 6.07) is 3.05. The fraction of sp³-hybridized carbons (Fsp3) is 0.250. The summed E-state index contributed by atoms with van der Waals surface area (Å²) in [5, 5.41) is 6.28. The SMILES string of the molecule is O=C(CNc1cc(C(F)(F)F)cc(C(F)(F)F)c1)NC(=O)NCc1ccco1. The van der Waals surface area contributed by atoms with Gasteiger partial charge in [0.1, 0.15) is 5.76 Å². The first kappa shape index (κ1) is 21.1. The van der Waals surface area contributed by atoms with Crippen LogP contribution >= 0.6 is 0 Å². The van der Waals surface area contributed by atoms with Crippen molar-refractivity contribution in [2.45, 2.75) is 18.9 Å². The van der Waals surface area contributed by atoms with Crippen LogP contribution in [0.25, 0.3) is 0 Å². The van der Waals surface area contributed by atoms with Crippen molar-refractivity contribution in [2.75, 3.05) is 11.9 Å². The highest BCUT2D eigenvalue weighted by Crippen LogP contribution is 2.37.